The monoisotopic (exact) mass is 432 g/mol. The van der Waals surface area contributed by atoms with Crippen LogP contribution in [0.2, 0.25) is 13.3 Å². The van der Waals surface area contributed by atoms with E-state index in [1.54, 1.807) is 3.59 Å². The number of hydrogen-bond acceptors (Lipinski definition) is 2. The predicted molar refractivity (Wildman–Crippen MR) is 105 cm³/mol. The van der Waals surface area contributed by atoms with Crippen LogP contribution in [0.4, 0.5) is 0 Å². The van der Waals surface area contributed by atoms with E-state index in [4.69, 9.17) is 4.74 Å². The second kappa shape index (κ2) is 14.4. The van der Waals surface area contributed by atoms with Crippen LogP contribution in [0.5, 0.6) is 0 Å². The van der Waals surface area contributed by atoms with Crippen molar-refractivity contribution in [1.82, 2.24) is 0 Å². The molecule has 0 rings (SSSR count). The SMILES string of the molecule is C=[C](CCCCOC(C)=O)[Sn]([CH2]CCC)([CH2]CCC)[CH2]CCC. The Balaban J connectivity index is 4.63. The minimum absolute atomic E-state index is 0.161. The average Bonchev–Trinajstić information content (AvgIpc) is 2.53. The molecule has 0 spiro atoms. The predicted octanol–water partition coefficient (Wildman–Crippen LogP) is 6.66. The number of rotatable bonds is 15. The molecule has 0 aromatic carbocycles. The van der Waals surface area contributed by atoms with Gasteiger partial charge in [-0.15, -0.1) is 0 Å². The first kappa shape index (κ1) is 23.0. The molecule has 0 radical (unpaired) electrons. The molecule has 0 aliphatic rings. The van der Waals surface area contributed by atoms with Crippen molar-refractivity contribution in [3.63, 3.8) is 0 Å². The quantitative estimate of drug-likeness (QED) is 0.165. The molecule has 3 heteroatoms. The Hall–Kier alpha value is 0.00870. The van der Waals surface area contributed by atoms with Crippen LogP contribution in [0.3, 0.4) is 0 Å². The zero-order valence-corrected chi connectivity index (χ0v) is 19.1. The van der Waals surface area contributed by atoms with Gasteiger partial charge in [0.15, 0.2) is 0 Å². The Morgan fingerprint density at radius 3 is 1.74 bits per heavy atom. The Bertz CT molecular complexity index is 304. The molecule has 0 fully saturated rings. The molecule has 23 heavy (non-hydrogen) atoms. The molecule has 0 atom stereocenters. The third-order valence-corrected chi connectivity index (χ3v) is 21.2. The number of carbonyl (C=O) groups excluding carboxylic acids is 1. The molecule has 0 heterocycles. The number of hydrogen-bond donors (Lipinski definition) is 0. The van der Waals surface area contributed by atoms with Gasteiger partial charge in [0.25, 0.3) is 0 Å². The number of allylic oxidation sites excluding steroid dienone is 1. The van der Waals surface area contributed by atoms with Crippen molar-refractivity contribution in [2.45, 2.75) is 98.8 Å². The van der Waals surface area contributed by atoms with Gasteiger partial charge in [0.05, 0.1) is 0 Å². The fraction of sp³-hybridized carbons (Fsp3) is 0.850. The maximum absolute atomic E-state index is 10.8. The topological polar surface area (TPSA) is 26.3 Å². The molecule has 0 N–H and O–H groups in total. The second-order valence-electron chi connectivity index (χ2n) is 6.99. The van der Waals surface area contributed by atoms with Crippen molar-refractivity contribution >= 4 is 24.3 Å². The molecule has 0 saturated heterocycles. The Morgan fingerprint density at radius 1 is 0.870 bits per heavy atom. The van der Waals surface area contributed by atoms with E-state index in [-0.39, 0.29) is 5.97 Å². The van der Waals surface area contributed by atoms with E-state index in [0.29, 0.717) is 6.61 Å². The summed E-state index contributed by atoms with van der Waals surface area (Å²) in [6, 6.07) is 0. The third-order valence-electron chi connectivity index (χ3n) is 4.95. The van der Waals surface area contributed by atoms with Crippen molar-refractivity contribution in [2.75, 3.05) is 6.61 Å². The standard InChI is InChI=1S/C8H13O2.3C4H9.Sn/c1-3-4-5-6-7-10-8(2)9;3*1-3-4-2;/h1,4-7H2,2H3;3*1,3-4H2,2H3;. The van der Waals surface area contributed by atoms with Gasteiger partial charge >= 0.3 is 149 Å². The first-order valence-electron chi connectivity index (χ1n) is 9.84. The van der Waals surface area contributed by atoms with Gasteiger partial charge in [0.2, 0.25) is 0 Å². The molecule has 0 saturated carbocycles. The summed E-state index contributed by atoms with van der Waals surface area (Å²) in [5.41, 5.74) is 0. The molecule has 2 nitrogen and oxygen atoms in total. The van der Waals surface area contributed by atoms with E-state index < -0.39 is 18.4 Å². The van der Waals surface area contributed by atoms with Crippen molar-refractivity contribution < 1.29 is 9.53 Å². The maximum atomic E-state index is 10.8. The van der Waals surface area contributed by atoms with Crippen LogP contribution in [-0.4, -0.2) is 31.0 Å². The fourth-order valence-corrected chi connectivity index (χ4v) is 19.4. The van der Waals surface area contributed by atoms with Crippen LogP contribution < -0.4 is 0 Å². The summed E-state index contributed by atoms with van der Waals surface area (Å²) in [7, 11) is 0. The first-order chi connectivity index (χ1) is 11.0. The molecule has 0 aromatic rings. The number of unbranched alkanes of at least 4 members (excludes halogenated alkanes) is 4. The average molecular weight is 431 g/mol. The molecule has 0 amide bonds. The van der Waals surface area contributed by atoms with E-state index >= 15 is 0 Å². The van der Waals surface area contributed by atoms with Crippen molar-refractivity contribution in [3.05, 3.63) is 10.2 Å². The fourth-order valence-electron chi connectivity index (χ4n) is 3.37. The zero-order chi connectivity index (χ0) is 17.6. The normalized spacial score (nSPS) is 11.5. The molecule has 0 aromatic heterocycles. The van der Waals surface area contributed by atoms with Crippen LogP contribution in [-0.2, 0) is 9.53 Å². The van der Waals surface area contributed by atoms with Gasteiger partial charge in [-0.05, 0) is 0 Å². The van der Waals surface area contributed by atoms with Crippen LogP contribution in [0.15, 0.2) is 10.2 Å². The molecule has 0 bridgehead atoms. The van der Waals surface area contributed by atoms with Gasteiger partial charge in [-0.3, -0.25) is 0 Å². The van der Waals surface area contributed by atoms with Crippen molar-refractivity contribution in [3.8, 4) is 0 Å². The van der Waals surface area contributed by atoms with Gasteiger partial charge in [-0.25, -0.2) is 0 Å². The van der Waals surface area contributed by atoms with E-state index in [2.05, 4.69) is 27.4 Å². The van der Waals surface area contributed by atoms with E-state index in [1.165, 1.54) is 65.2 Å². The van der Waals surface area contributed by atoms with Gasteiger partial charge in [0.1, 0.15) is 0 Å². The molecular formula is C20H40O2Sn. The van der Waals surface area contributed by atoms with E-state index in [9.17, 15) is 4.79 Å². The van der Waals surface area contributed by atoms with Crippen LogP contribution in [0.25, 0.3) is 0 Å². The zero-order valence-electron chi connectivity index (χ0n) is 16.2. The molecule has 136 valence electrons. The Morgan fingerprint density at radius 2 is 1.35 bits per heavy atom. The Kier molecular flexibility index (Phi) is 14.4. The summed E-state index contributed by atoms with van der Waals surface area (Å²) in [5.74, 6) is -0.161. The second-order valence-corrected chi connectivity index (χ2v) is 20.6. The molecule has 0 aliphatic heterocycles. The van der Waals surface area contributed by atoms with Gasteiger partial charge < -0.3 is 0 Å². The van der Waals surface area contributed by atoms with Gasteiger partial charge in [-0.2, -0.15) is 0 Å². The minimum atomic E-state index is -2.21. The summed E-state index contributed by atoms with van der Waals surface area (Å²) >= 11 is -2.21. The van der Waals surface area contributed by atoms with Crippen LogP contribution in [0.1, 0.15) is 85.5 Å². The number of carbonyl (C=O) groups is 1. The Labute approximate surface area is 149 Å². The van der Waals surface area contributed by atoms with Crippen molar-refractivity contribution in [1.29, 1.82) is 0 Å². The molecule has 0 aliphatic carbocycles. The molecular weight excluding hydrogens is 391 g/mol. The number of ether oxygens (including phenoxy) is 1. The summed E-state index contributed by atoms with van der Waals surface area (Å²) < 4.78 is 11.2. The summed E-state index contributed by atoms with van der Waals surface area (Å²) in [6.45, 7) is 13.6. The van der Waals surface area contributed by atoms with Gasteiger partial charge in [-0.1, -0.05) is 0 Å². The van der Waals surface area contributed by atoms with Crippen LogP contribution >= 0.6 is 0 Å². The summed E-state index contributed by atoms with van der Waals surface area (Å²) in [4.78, 5) is 10.8. The van der Waals surface area contributed by atoms with Crippen LogP contribution in [0, 0.1) is 0 Å². The first-order valence-corrected chi connectivity index (χ1v) is 17.3. The van der Waals surface area contributed by atoms with E-state index in [0.717, 1.165) is 12.8 Å². The summed E-state index contributed by atoms with van der Waals surface area (Å²) in [5, 5.41) is 0. The number of esters is 1. The third kappa shape index (κ3) is 10.5. The molecule has 0 unspecified atom stereocenters. The summed E-state index contributed by atoms with van der Waals surface area (Å²) in [6.07, 6.45) is 11.4. The van der Waals surface area contributed by atoms with Crippen molar-refractivity contribution in [2.24, 2.45) is 0 Å². The van der Waals surface area contributed by atoms with Gasteiger partial charge in [0, 0.05) is 0 Å². The van der Waals surface area contributed by atoms with E-state index in [1.807, 2.05) is 0 Å².